The molecule has 3 aromatic rings. The molecule has 0 aliphatic carbocycles. The Labute approximate surface area is 159 Å². The zero-order valence-electron chi connectivity index (χ0n) is 14.7. The molecule has 1 amide bonds. The van der Waals surface area contributed by atoms with Gasteiger partial charge in [0.25, 0.3) is 5.69 Å². The lowest BCUT2D eigenvalue weighted by atomic mass is 10.1. The van der Waals surface area contributed by atoms with Crippen molar-refractivity contribution in [2.45, 2.75) is 10.9 Å². The number of aromatic nitrogens is 1. The van der Waals surface area contributed by atoms with E-state index in [4.69, 9.17) is 4.74 Å². The zero-order chi connectivity index (χ0) is 19.4. The number of H-pyrrole nitrogens is 1. The zero-order valence-corrected chi connectivity index (χ0v) is 15.5. The molecule has 0 unspecified atom stereocenters. The molecule has 0 radical (unpaired) electrons. The smallest absolute Gasteiger partial charge is 0.284 e. The molecule has 0 aliphatic heterocycles. The Morgan fingerprint density at radius 2 is 2.07 bits per heavy atom. The monoisotopic (exact) mass is 386 g/mol. The number of hydrogen-bond acceptors (Lipinski definition) is 6. The highest BCUT2D eigenvalue weighted by atomic mass is 32.2. The third-order valence-electron chi connectivity index (χ3n) is 4.09. The summed E-state index contributed by atoms with van der Waals surface area (Å²) in [6, 6.07) is 11.2. The Kier molecular flexibility index (Phi) is 5.63. The molecule has 0 bridgehead atoms. The number of aromatic amines is 1. The first-order chi connectivity index (χ1) is 13.0. The highest BCUT2D eigenvalue weighted by Crippen LogP contribution is 2.32. The van der Waals surface area contributed by atoms with Crippen molar-refractivity contribution in [3.05, 3.63) is 64.3 Å². The number of nitro groups is 1. The molecule has 1 heterocycles. The van der Waals surface area contributed by atoms with Crippen molar-refractivity contribution >= 4 is 34.4 Å². The molecule has 0 saturated heterocycles. The second kappa shape index (κ2) is 8.11. The normalized spacial score (nSPS) is 11.9. The fraction of sp³-hybridized carbons (Fsp3) is 0.167. The maximum Gasteiger partial charge on any atom is 0.284 e. The van der Waals surface area contributed by atoms with Gasteiger partial charge in [0.15, 0.2) is 0 Å². The molecule has 3 rings (SSSR count). The topological polar surface area (TPSA) is 109 Å². The Morgan fingerprint density at radius 1 is 1.30 bits per heavy atom. The average molecular weight is 386 g/mol. The largest absolute Gasteiger partial charge is 0.497 e. The second-order valence-electron chi connectivity index (χ2n) is 5.65. The molecule has 140 valence electrons. The van der Waals surface area contributed by atoms with E-state index >= 15 is 0 Å². The Balaban J connectivity index is 1.94. The molecule has 8 nitrogen and oxygen atoms in total. The predicted octanol–water partition coefficient (Wildman–Crippen LogP) is 3.17. The molecule has 1 atom stereocenters. The predicted molar refractivity (Wildman–Crippen MR) is 104 cm³/mol. The van der Waals surface area contributed by atoms with Crippen molar-refractivity contribution in [3.63, 3.8) is 0 Å². The van der Waals surface area contributed by atoms with Crippen molar-refractivity contribution in [1.29, 1.82) is 0 Å². The van der Waals surface area contributed by atoms with Crippen LogP contribution in [0, 0.1) is 10.1 Å². The number of methoxy groups -OCH3 is 1. The van der Waals surface area contributed by atoms with Crippen LogP contribution in [-0.2, 0) is 4.79 Å². The van der Waals surface area contributed by atoms with Crippen LogP contribution in [0.4, 0.5) is 5.69 Å². The fourth-order valence-corrected chi connectivity index (χ4v) is 3.58. The highest BCUT2D eigenvalue weighted by Gasteiger charge is 2.24. The number of nitrogens with one attached hydrogen (secondary N) is 3. The van der Waals surface area contributed by atoms with Gasteiger partial charge in [0.2, 0.25) is 5.91 Å². The van der Waals surface area contributed by atoms with Crippen molar-refractivity contribution in [1.82, 2.24) is 15.0 Å². The van der Waals surface area contributed by atoms with E-state index in [1.54, 1.807) is 38.6 Å². The first-order valence-corrected chi connectivity index (χ1v) is 8.89. The number of hydrogen-bond donors (Lipinski definition) is 3. The summed E-state index contributed by atoms with van der Waals surface area (Å²) < 4.78 is 8.32. The third kappa shape index (κ3) is 3.88. The van der Waals surface area contributed by atoms with Crippen molar-refractivity contribution in [2.24, 2.45) is 0 Å². The molecule has 0 saturated carbocycles. The molecular formula is C18H18N4O4S. The number of nitro benzene ring substituents is 1. The minimum absolute atomic E-state index is 0.0220. The molecule has 9 heteroatoms. The average Bonchev–Trinajstić information content (AvgIpc) is 3.11. The maximum atomic E-state index is 12.5. The first-order valence-electron chi connectivity index (χ1n) is 8.07. The molecule has 27 heavy (non-hydrogen) atoms. The highest BCUT2D eigenvalue weighted by molar-refractivity contribution is 7.97. The van der Waals surface area contributed by atoms with Gasteiger partial charge in [-0.15, -0.1) is 0 Å². The van der Waals surface area contributed by atoms with Gasteiger partial charge in [-0.25, -0.2) is 4.72 Å². The molecular weight excluding hydrogens is 368 g/mol. The van der Waals surface area contributed by atoms with E-state index in [0.29, 0.717) is 16.2 Å². The molecule has 2 aromatic carbocycles. The van der Waals surface area contributed by atoms with E-state index in [1.807, 2.05) is 18.2 Å². The lowest BCUT2D eigenvalue weighted by Gasteiger charge is -2.16. The van der Waals surface area contributed by atoms with Crippen LogP contribution < -0.4 is 14.8 Å². The summed E-state index contributed by atoms with van der Waals surface area (Å²) in [5.74, 6) is 0.412. The summed E-state index contributed by atoms with van der Waals surface area (Å²) in [7, 11) is 3.12. The van der Waals surface area contributed by atoms with Crippen LogP contribution >= 0.6 is 11.9 Å². The van der Waals surface area contributed by atoms with Gasteiger partial charge in [-0.3, -0.25) is 14.9 Å². The van der Waals surface area contributed by atoms with Crippen LogP contribution in [-0.4, -0.2) is 30.0 Å². The van der Waals surface area contributed by atoms with Crippen LogP contribution in [0.1, 0.15) is 11.6 Å². The van der Waals surface area contributed by atoms with E-state index in [0.717, 1.165) is 22.9 Å². The van der Waals surface area contributed by atoms with E-state index < -0.39 is 11.0 Å². The quantitative estimate of drug-likeness (QED) is 0.327. The first kappa shape index (κ1) is 18.7. The van der Waals surface area contributed by atoms with Gasteiger partial charge in [-0.2, -0.15) is 0 Å². The number of ether oxygens (including phenoxy) is 1. The third-order valence-corrected chi connectivity index (χ3v) is 5.01. The van der Waals surface area contributed by atoms with E-state index in [-0.39, 0.29) is 11.6 Å². The number of likely N-dealkylation sites (N-methyl/N-ethyl adjacent to an activating group) is 1. The summed E-state index contributed by atoms with van der Waals surface area (Å²) >= 11 is 1.05. The van der Waals surface area contributed by atoms with Gasteiger partial charge >= 0.3 is 0 Å². The number of rotatable bonds is 7. The van der Waals surface area contributed by atoms with Gasteiger partial charge in [-0.05, 0) is 36.2 Å². The molecule has 0 fully saturated rings. The number of amides is 1. The molecule has 1 aromatic heterocycles. The Hall–Kier alpha value is -3.04. The number of carbonyl (C=O) groups is 1. The van der Waals surface area contributed by atoms with Crippen LogP contribution in [0.25, 0.3) is 10.9 Å². The van der Waals surface area contributed by atoms with E-state index in [9.17, 15) is 14.9 Å². The van der Waals surface area contributed by atoms with Gasteiger partial charge in [0, 0.05) is 35.8 Å². The fourth-order valence-electron chi connectivity index (χ4n) is 2.71. The summed E-state index contributed by atoms with van der Waals surface area (Å²) in [5, 5.41) is 14.7. The van der Waals surface area contributed by atoms with Gasteiger partial charge < -0.3 is 15.0 Å². The van der Waals surface area contributed by atoms with E-state index in [1.165, 1.54) is 6.07 Å². The van der Waals surface area contributed by atoms with Gasteiger partial charge in [0.1, 0.15) is 16.7 Å². The molecule has 0 aliphatic rings. The van der Waals surface area contributed by atoms with Gasteiger partial charge in [-0.1, -0.05) is 12.1 Å². The van der Waals surface area contributed by atoms with Crippen LogP contribution in [0.5, 0.6) is 5.75 Å². The molecule has 0 spiro atoms. The maximum absolute atomic E-state index is 12.5. The minimum atomic E-state index is -0.722. The Morgan fingerprint density at radius 3 is 2.78 bits per heavy atom. The minimum Gasteiger partial charge on any atom is -0.497 e. The summed E-state index contributed by atoms with van der Waals surface area (Å²) in [4.78, 5) is 26.8. The number of carbonyl (C=O) groups excluding carboxylic acids is 1. The van der Waals surface area contributed by atoms with Crippen LogP contribution in [0.2, 0.25) is 0 Å². The standard InChI is InChI=1S/C18H18N4O4S/c1-19-18(23)17(21-27-16-6-4-3-5-15(16)22(24)25)13-10-20-14-8-7-11(26-2)9-12(13)14/h3-10,17,20-21H,1-2H3,(H,19,23)/t17-/m1/s1. The van der Waals surface area contributed by atoms with Crippen molar-refractivity contribution in [3.8, 4) is 5.75 Å². The molecule has 3 N–H and O–H groups in total. The van der Waals surface area contributed by atoms with Crippen molar-refractivity contribution in [2.75, 3.05) is 14.2 Å². The van der Waals surface area contributed by atoms with Gasteiger partial charge in [0.05, 0.1) is 12.0 Å². The lowest BCUT2D eigenvalue weighted by Crippen LogP contribution is -2.32. The summed E-state index contributed by atoms with van der Waals surface area (Å²) in [6.07, 6.45) is 1.75. The SMILES string of the molecule is CNC(=O)[C@H](NSc1ccccc1[N+](=O)[O-])c1c[nH]c2ccc(OC)cc12. The second-order valence-corrected chi connectivity index (χ2v) is 6.53. The summed E-state index contributed by atoms with van der Waals surface area (Å²) in [6.45, 7) is 0. The van der Waals surface area contributed by atoms with E-state index in [2.05, 4.69) is 15.0 Å². The van der Waals surface area contributed by atoms with Crippen molar-refractivity contribution < 1.29 is 14.5 Å². The number of nitrogens with zero attached hydrogens (tertiary/aromatic N) is 1. The van der Waals surface area contributed by atoms with Crippen LogP contribution in [0.3, 0.4) is 0 Å². The Bertz CT molecular complexity index is 988. The summed E-state index contributed by atoms with van der Waals surface area (Å²) in [5.41, 5.74) is 1.55. The number of para-hydroxylation sites is 1. The lowest BCUT2D eigenvalue weighted by molar-refractivity contribution is -0.387. The number of fused-ring (bicyclic) bond motifs is 1. The van der Waals surface area contributed by atoms with Crippen LogP contribution in [0.15, 0.2) is 53.6 Å². The number of benzene rings is 2.